The summed E-state index contributed by atoms with van der Waals surface area (Å²) in [4.78, 5) is 0. The Bertz CT molecular complexity index is 1030. The molecule has 0 aliphatic heterocycles. The normalized spacial score (nSPS) is 18.5. The minimum atomic E-state index is 0.720. The van der Waals surface area contributed by atoms with Gasteiger partial charge in [-0.15, -0.1) is 0 Å². The highest BCUT2D eigenvalue weighted by Gasteiger charge is 2.21. The van der Waals surface area contributed by atoms with E-state index in [-0.39, 0.29) is 0 Å². The topological polar surface area (TPSA) is 23.8 Å². The first-order valence-electron chi connectivity index (χ1n) is 11.8. The zero-order chi connectivity index (χ0) is 21.6. The molecule has 158 valence electrons. The summed E-state index contributed by atoms with van der Waals surface area (Å²) in [7, 11) is 0. The van der Waals surface area contributed by atoms with Crippen LogP contribution in [0.3, 0.4) is 0 Å². The molecular weight excluding hydrogens is 374 g/mol. The van der Waals surface area contributed by atoms with E-state index in [1.54, 1.807) is 5.56 Å². The number of nitriles is 1. The third-order valence-corrected chi connectivity index (χ3v) is 7.20. The van der Waals surface area contributed by atoms with Crippen LogP contribution in [0.25, 0.3) is 11.1 Å². The second-order valence-corrected chi connectivity index (χ2v) is 9.21. The van der Waals surface area contributed by atoms with Crippen molar-refractivity contribution in [3.05, 3.63) is 94.5 Å². The lowest BCUT2D eigenvalue weighted by Gasteiger charge is -2.28. The van der Waals surface area contributed by atoms with Crippen molar-refractivity contribution < 1.29 is 0 Å². The SMILES string of the molecule is CC[C@H]1CC[C@H](c2ccc(CCc3ccc(-c4ccc(C#N)cc4C)cc3)cc2)CC1. The molecule has 0 heterocycles. The van der Waals surface area contributed by atoms with Crippen molar-refractivity contribution in [1.82, 2.24) is 0 Å². The quantitative estimate of drug-likeness (QED) is 0.406. The standard InChI is InChI=1S/C30H33N/c1-3-23-6-13-27(14-7-23)28-15-8-24(9-16-28)4-5-25-10-17-29(18-11-25)30-19-12-26(21-31)20-22(30)2/h8-12,15-20,23,27H,3-7,13-14H2,1-2H3/t23-,27-. The van der Waals surface area contributed by atoms with Crippen molar-refractivity contribution >= 4 is 0 Å². The Morgan fingerprint density at radius 3 is 1.97 bits per heavy atom. The summed E-state index contributed by atoms with van der Waals surface area (Å²) in [5.74, 6) is 1.73. The fraction of sp³-hybridized carbons (Fsp3) is 0.367. The van der Waals surface area contributed by atoms with Gasteiger partial charge in [-0.1, -0.05) is 67.9 Å². The molecular formula is C30H33N. The van der Waals surface area contributed by atoms with Gasteiger partial charge in [-0.25, -0.2) is 0 Å². The van der Waals surface area contributed by atoms with Crippen LogP contribution >= 0.6 is 0 Å². The molecule has 0 saturated heterocycles. The summed E-state index contributed by atoms with van der Waals surface area (Å²) in [6, 6.07) is 26.5. The Hall–Kier alpha value is -2.85. The molecule has 1 fully saturated rings. The number of aryl methyl sites for hydroxylation is 3. The van der Waals surface area contributed by atoms with Gasteiger partial charge in [0.25, 0.3) is 0 Å². The third kappa shape index (κ3) is 5.26. The number of hydrogen-bond acceptors (Lipinski definition) is 1. The number of nitrogens with zero attached hydrogens (tertiary/aromatic N) is 1. The van der Waals surface area contributed by atoms with E-state index in [4.69, 9.17) is 5.26 Å². The van der Waals surface area contributed by atoms with Crippen LogP contribution in [0, 0.1) is 24.2 Å². The van der Waals surface area contributed by atoms with Crippen molar-refractivity contribution in [2.24, 2.45) is 5.92 Å². The first-order valence-corrected chi connectivity index (χ1v) is 11.8. The van der Waals surface area contributed by atoms with E-state index in [2.05, 4.69) is 74.5 Å². The Morgan fingerprint density at radius 1 is 0.806 bits per heavy atom. The molecule has 0 aromatic heterocycles. The Balaban J connectivity index is 1.34. The molecule has 31 heavy (non-hydrogen) atoms. The van der Waals surface area contributed by atoms with Gasteiger partial charge in [0.05, 0.1) is 11.6 Å². The smallest absolute Gasteiger partial charge is 0.0991 e. The highest BCUT2D eigenvalue weighted by atomic mass is 14.3. The summed E-state index contributed by atoms with van der Waals surface area (Å²) >= 11 is 0. The van der Waals surface area contributed by atoms with Crippen LogP contribution in [0.15, 0.2) is 66.7 Å². The number of rotatable bonds is 6. The van der Waals surface area contributed by atoms with Crippen LogP contribution < -0.4 is 0 Å². The maximum atomic E-state index is 9.06. The number of benzene rings is 3. The summed E-state index contributed by atoms with van der Waals surface area (Å²) in [5.41, 5.74) is 8.63. The average molecular weight is 408 g/mol. The van der Waals surface area contributed by atoms with Crippen LogP contribution in [-0.2, 0) is 12.8 Å². The molecule has 0 radical (unpaired) electrons. The van der Waals surface area contributed by atoms with Crippen LogP contribution in [0.2, 0.25) is 0 Å². The van der Waals surface area contributed by atoms with Gasteiger partial charge in [0, 0.05) is 0 Å². The Kier molecular flexibility index (Phi) is 6.88. The van der Waals surface area contributed by atoms with Crippen LogP contribution in [0.4, 0.5) is 0 Å². The predicted octanol–water partition coefficient (Wildman–Crippen LogP) is 8.00. The van der Waals surface area contributed by atoms with Crippen molar-refractivity contribution in [1.29, 1.82) is 5.26 Å². The molecule has 0 bridgehead atoms. The van der Waals surface area contributed by atoms with Gasteiger partial charge in [-0.05, 0) is 103 Å². The van der Waals surface area contributed by atoms with Gasteiger partial charge in [0.1, 0.15) is 0 Å². The van der Waals surface area contributed by atoms with Gasteiger partial charge in [0.15, 0.2) is 0 Å². The van der Waals surface area contributed by atoms with E-state index in [1.807, 2.05) is 12.1 Å². The highest BCUT2D eigenvalue weighted by molar-refractivity contribution is 5.68. The third-order valence-electron chi connectivity index (χ3n) is 7.20. The summed E-state index contributed by atoms with van der Waals surface area (Å²) in [6.07, 6.45) is 9.03. The van der Waals surface area contributed by atoms with E-state index in [0.29, 0.717) is 0 Å². The molecule has 1 nitrogen and oxygen atoms in total. The van der Waals surface area contributed by atoms with E-state index in [0.717, 1.165) is 35.8 Å². The zero-order valence-electron chi connectivity index (χ0n) is 18.9. The monoisotopic (exact) mass is 407 g/mol. The minimum absolute atomic E-state index is 0.720. The van der Waals surface area contributed by atoms with Gasteiger partial charge < -0.3 is 0 Å². The van der Waals surface area contributed by atoms with Crippen molar-refractivity contribution in [2.75, 3.05) is 0 Å². The van der Waals surface area contributed by atoms with Crippen molar-refractivity contribution in [2.45, 2.75) is 64.7 Å². The van der Waals surface area contributed by atoms with Crippen molar-refractivity contribution in [3.8, 4) is 17.2 Å². The van der Waals surface area contributed by atoms with Crippen LogP contribution in [0.1, 0.15) is 72.8 Å². The zero-order valence-corrected chi connectivity index (χ0v) is 18.9. The maximum absolute atomic E-state index is 9.06. The summed E-state index contributed by atoms with van der Waals surface area (Å²) in [5, 5.41) is 9.06. The molecule has 1 aliphatic carbocycles. The second-order valence-electron chi connectivity index (χ2n) is 9.21. The van der Waals surface area contributed by atoms with E-state index >= 15 is 0 Å². The Morgan fingerprint density at radius 2 is 1.42 bits per heavy atom. The van der Waals surface area contributed by atoms with Crippen LogP contribution in [-0.4, -0.2) is 0 Å². The lowest BCUT2D eigenvalue weighted by Crippen LogP contribution is -2.12. The molecule has 3 aromatic carbocycles. The molecule has 3 aromatic rings. The fourth-order valence-corrected chi connectivity index (χ4v) is 5.06. The van der Waals surface area contributed by atoms with E-state index < -0.39 is 0 Å². The molecule has 0 unspecified atom stereocenters. The molecule has 1 aliphatic rings. The molecule has 1 heteroatoms. The predicted molar refractivity (Wildman–Crippen MR) is 130 cm³/mol. The summed E-state index contributed by atoms with van der Waals surface area (Å²) < 4.78 is 0. The second kappa shape index (κ2) is 9.97. The van der Waals surface area contributed by atoms with Gasteiger partial charge in [0.2, 0.25) is 0 Å². The van der Waals surface area contributed by atoms with Crippen molar-refractivity contribution in [3.63, 3.8) is 0 Å². The van der Waals surface area contributed by atoms with E-state index in [9.17, 15) is 0 Å². The minimum Gasteiger partial charge on any atom is -0.192 e. The molecule has 4 rings (SSSR count). The van der Waals surface area contributed by atoms with Gasteiger partial charge in [-0.2, -0.15) is 5.26 Å². The molecule has 0 N–H and O–H groups in total. The average Bonchev–Trinajstić information content (AvgIpc) is 2.83. The van der Waals surface area contributed by atoms with Gasteiger partial charge in [-0.3, -0.25) is 0 Å². The summed E-state index contributed by atoms with van der Waals surface area (Å²) in [6.45, 7) is 4.41. The van der Waals surface area contributed by atoms with E-state index in [1.165, 1.54) is 54.4 Å². The fourth-order valence-electron chi connectivity index (χ4n) is 5.06. The molecule has 0 spiro atoms. The highest BCUT2D eigenvalue weighted by Crippen LogP contribution is 2.37. The van der Waals surface area contributed by atoms with Crippen LogP contribution in [0.5, 0.6) is 0 Å². The Labute approximate surface area is 187 Å². The molecule has 1 saturated carbocycles. The maximum Gasteiger partial charge on any atom is 0.0991 e. The van der Waals surface area contributed by atoms with Gasteiger partial charge >= 0.3 is 0 Å². The largest absolute Gasteiger partial charge is 0.192 e. The first-order chi connectivity index (χ1) is 15.2. The number of hydrogen-bond donors (Lipinski definition) is 0. The molecule has 0 amide bonds. The first kappa shape index (κ1) is 21.4. The lowest BCUT2D eigenvalue weighted by atomic mass is 9.78. The lowest BCUT2D eigenvalue weighted by molar-refractivity contribution is 0.319. The molecule has 0 atom stereocenters.